The van der Waals surface area contributed by atoms with Crippen LogP contribution in [-0.2, 0) is 17.1 Å². The lowest BCUT2D eigenvalue weighted by Crippen LogP contribution is -2.32. The Balaban J connectivity index is 1.47. The monoisotopic (exact) mass is 433 g/mol. The Bertz CT molecular complexity index is 1320. The molecule has 2 atom stereocenters. The fraction of sp³-hybridized carbons (Fsp3) is 0.217. The molecule has 0 saturated carbocycles. The predicted octanol–water partition coefficient (Wildman–Crippen LogP) is 3.24. The third-order valence-electron chi connectivity index (χ3n) is 5.76. The zero-order valence-corrected chi connectivity index (χ0v) is 17.9. The van der Waals surface area contributed by atoms with Gasteiger partial charge in [-0.1, -0.05) is 42.5 Å². The maximum Gasteiger partial charge on any atom is 0.262 e. The summed E-state index contributed by atoms with van der Waals surface area (Å²) in [4.78, 5) is 8.51. The number of imidazole rings is 1. The molecule has 3 heterocycles. The molecule has 158 valence electrons. The quantitative estimate of drug-likeness (QED) is 0.523. The van der Waals surface area contributed by atoms with Crippen LogP contribution in [0.1, 0.15) is 11.5 Å². The summed E-state index contributed by atoms with van der Waals surface area (Å²) in [6, 6.07) is 20.0. The van der Waals surface area contributed by atoms with E-state index in [1.807, 2.05) is 48.5 Å². The third-order valence-corrected chi connectivity index (χ3v) is 7.47. The van der Waals surface area contributed by atoms with Crippen molar-refractivity contribution in [3.05, 3.63) is 84.9 Å². The second-order valence-electron chi connectivity index (χ2n) is 7.88. The molecule has 5 rings (SSSR count). The average molecular weight is 434 g/mol. The Morgan fingerprint density at radius 3 is 2.61 bits per heavy atom. The Kier molecular flexibility index (Phi) is 4.95. The second kappa shape index (κ2) is 7.79. The smallest absolute Gasteiger partial charge is 0.262 e. The summed E-state index contributed by atoms with van der Waals surface area (Å²) >= 11 is 0. The molecule has 1 aliphatic heterocycles. The van der Waals surface area contributed by atoms with Gasteiger partial charge in [0.15, 0.2) is 5.03 Å². The molecule has 0 radical (unpaired) electrons. The van der Waals surface area contributed by atoms with E-state index in [1.54, 1.807) is 24.0 Å². The van der Waals surface area contributed by atoms with Gasteiger partial charge < -0.3 is 9.88 Å². The number of fused-ring (bicyclic) bond motifs is 1. The lowest BCUT2D eigenvalue weighted by Gasteiger charge is -2.21. The van der Waals surface area contributed by atoms with E-state index in [1.165, 1.54) is 10.6 Å². The molecule has 0 amide bonds. The van der Waals surface area contributed by atoms with E-state index in [2.05, 4.69) is 27.4 Å². The van der Waals surface area contributed by atoms with E-state index in [0.717, 1.165) is 22.2 Å². The fourth-order valence-electron chi connectivity index (χ4n) is 4.17. The molecule has 8 heteroatoms. The standard InChI is InChI=1S/C23H23N5O2S/c1-27-15-23(25-16-27)31(29,30)28-13-20(17-6-3-2-4-7-17)22(14-28)26-19-10-9-18-8-5-11-24-21(18)12-19/h2-12,15-16,20,22,26H,13-14H2,1H3. The minimum absolute atomic E-state index is 0.0131. The van der Waals surface area contributed by atoms with Gasteiger partial charge in [-0.15, -0.1) is 0 Å². The molecule has 0 bridgehead atoms. The van der Waals surface area contributed by atoms with Crippen LogP contribution in [0.15, 0.2) is 84.4 Å². The van der Waals surface area contributed by atoms with Gasteiger partial charge in [0.25, 0.3) is 10.0 Å². The number of nitrogens with one attached hydrogen (secondary N) is 1. The van der Waals surface area contributed by atoms with E-state index in [-0.39, 0.29) is 17.0 Å². The highest BCUT2D eigenvalue weighted by Crippen LogP contribution is 2.33. The Morgan fingerprint density at radius 2 is 1.84 bits per heavy atom. The van der Waals surface area contributed by atoms with Crippen LogP contribution >= 0.6 is 0 Å². The first-order valence-corrected chi connectivity index (χ1v) is 11.6. The molecule has 0 aliphatic carbocycles. The van der Waals surface area contributed by atoms with Gasteiger partial charge in [0.1, 0.15) is 0 Å². The molecule has 31 heavy (non-hydrogen) atoms. The van der Waals surface area contributed by atoms with Crippen molar-refractivity contribution in [3.63, 3.8) is 0 Å². The van der Waals surface area contributed by atoms with Crippen LogP contribution in [0.2, 0.25) is 0 Å². The second-order valence-corrected chi connectivity index (χ2v) is 9.76. The highest BCUT2D eigenvalue weighted by molar-refractivity contribution is 7.89. The normalized spacial score (nSPS) is 19.6. The number of aromatic nitrogens is 3. The summed E-state index contributed by atoms with van der Waals surface area (Å²) < 4.78 is 29.6. The Morgan fingerprint density at radius 1 is 1.00 bits per heavy atom. The van der Waals surface area contributed by atoms with Crippen molar-refractivity contribution in [3.8, 4) is 0 Å². The van der Waals surface area contributed by atoms with E-state index in [9.17, 15) is 8.42 Å². The maximum absolute atomic E-state index is 13.2. The SMILES string of the molecule is Cn1cnc(S(=O)(=O)N2CC(Nc3ccc4cccnc4c3)C(c3ccccc3)C2)c1. The van der Waals surface area contributed by atoms with Crippen LogP contribution in [0, 0.1) is 0 Å². The van der Waals surface area contributed by atoms with Gasteiger partial charge in [0.05, 0.1) is 11.8 Å². The minimum atomic E-state index is -3.67. The van der Waals surface area contributed by atoms with Crippen molar-refractivity contribution in [1.82, 2.24) is 18.8 Å². The summed E-state index contributed by atoms with van der Waals surface area (Å²) in [7, 11) is -1.90. The van der Waals surface area contributed by atoms with Gasteiger partial charge in [-0.3, -0.25) is 4.98 Å². The van der Waals surface area contributed by atoms with E-state index in [4.69, 9.17) is 0 Å². The minimum Gasteiger partial charge on any atom is -0.380 e. The average Bonchev–Trinajstić information content (AvgIpc) is 3.42. The van der Waals surface area contributed by atoms with Crippen LogP contribution < -0.4 is 5.32 Å². The van der Waals surface area contributed by atoms with Crippen molar-refractivity contribution in [2.24, 2.45) is 7.05 Å². The third kappa shape index (κ3) is 3.80. The predicted molar refractivity (Wildman–Crippen MR) is 120 cm³/mol. The number of anilines is 1. The van der Waals surface area contributed by atoms with Gasteiger partial charge in [0.2, 0.25) is 0 Å². The maximum atomic E-state index is 13.2. The van der Waals surface area contributed by atoms with Crippen molar-refractivity contribution >= 4 is 26.6 Å². The number of nitrogens with zero attached hydrogens (tertiary/aromatic N) is 4. The lowest BCUT2D eigenvalue weighted by molar-refractivity contribution is 0.468. The number of hydrogen-bond acceptors (Lipinski definition) is 5. The van der Waals surface area contributed by atoms with Crippen LogP contribution in [-0.4, -0.2) is 46.4 Å². The van der Waals surface area contributed by atoms with Crippen LogP contribution in [0.3, 0.4) is 0 Å². The first-order valence-electron chi connectivity index (χ1n) is 10.1. The number of aryl methyl sites for hydroxylation is 1. The van der Waals surface area contributed by atoms with Crippen molar-refractivity contribution in [1.29, 1.82) is 0 Å². The summed E-state index contributed by atoms with van der Waals surface area (Å²) in [5.41, 5.74) is 2.94. The van der Waals surface area contributed by atoms with E-state index < -0.39 is 10.0 Å². The van der Waals surface area contributed by atoms with E-state index >= 15 is 0 Å². The molecular weight excluding hydrogens is 410 g/mol. The first-order chi connectivity index (χ1) is 15.0. The number of sulfonamides is 1. The number of rotatable bonds is 5. The summed E-state index contributed by atoms with van der Waals surface area (Å²) in [5.74, 6) is 0.0131. The van der Waals surface area contributed by atoms with Gasteiger partial charge >= 0.3 is 0 Å². The van der Waals surface area contributed by atoms with Crippen molar-refractivity contribution < 1.29 is 8.42 Å². The zero-order valence-electron chi connectivity index (χ0n) is 17.1. The molecule has 7 nitrogen and oxygen atoms in total. The first kappa shape index (κ1) is 19.7. The molecule has 1 fully saturated rings. The lowest BCUT2D eigenvalue weighted by atomic mass is 9.94. The summed E-state index contributed by atoms with van der Waals surface area (Å²) in [6.45, 7) is 0.755. The molecule has 4 aromatic rings. The highest BCUT2D eigenvalue weighted by Gasteiger charge is 2.41. The van der Waals surface area contributed by atoms with Gasteiger partial charge in [-0.25, -0.2) is 13.4 Å². The molecule has 2 unspecified atom stereocenters. The fourth-order valence-corrected chi connectivity index (χ4v) is 5.63. The molecule has 1 N–H and O–H groups in total. The molecule has 2 aromatic carbocycles. The van der Waals surface area contributed by atoms with Gasteiger partial charge in [-0.05, 0) is 23.8 Å². The number of hydrogen-bond donors (Lipinski definition) is 1. The zero-order chi connectivity index (χ0) is 21.4. The topological polar surface area (TPSA) is 80.1 Å². The van der Waals surface area contributed by atoms with Crippen molar-refractivity contribution in [2.75, 3.05) is 18.4 Å². The van der Waals surface area contributed by atoms with Crippen LogP contribution in [0.25, 0.3) is 10.9 Å². The van der Waals surface area contributed by atoms with Crippen LogP contribution in [0.5, 0.6) is 0 Å². The van der Waals surface area contributed by atoms with Crippen LogP contribution in [0.4, 0.5) is 5.69 Å². The van der Waals surface area contributed by atoms with E-state index in [0.29, 0.717) is 13.1 Å². The Hall–Kier alpha value is -3.23. The molecular formula is C23H23N5O2S. The molecule has 1 saturated heterocycles. The molecule has 0 spiro atoms. The summed E-state index contributed by atoms with van der Waals surface area (Å²) in [6.07, 6.45) is 4.83. The van der Waals surface area contributed by atoms with Crippen molar-refractivity contribution in [2.45, 2.75) is 17.0 Å². The molecule has 1 aliphatic rings. The van der Waals surface area contributed by atoms with Gasteiger partial charge in [0, 0.05) is 55.6 Å². The number of benzene rings is 2. The Labute approximate surface area is 181 Å². The number of pyridine rings is 1. The molecule has 2 aromatic heterocycles. The highest BCUT2D eigenvalue weighted by atomic mass is 32.2. The van der Waals surface area contributed by atoms with Gasteiger partial charge in [-0.2, -0.15) is 4.31 Å². The largest absolute Gasteiger partial charge is 0.380 e. The summed E-state index contributed by atoms with van der Waals surface area (Å²) in [5, 5.41) is 4.72.